The lowest BCUT2D eigenvalue weighted by molar-refractivity contribution is 0.295. The topological polar surface area (TPSA) is 12.9 Å². The monoisotopic (exact) mass is 239 g/mol. The molecule has 0 radical (unpaired) electrons. The van der Waals surface area contributed by atoms with Gasteiger partial charge in [0.2, 0.25) is 0 Å². The molecule has 1 aromatic carbocycles. The van der Waals surface area contributed by atoms with E-state index in [0.29, 0.717) is 0 Å². The second-order valence-corrected chi connectivity index (χ2v) is 5.83. The average Bonchev–Trinajstić information content (AvgIpc) is 2.40. The third-order valence-corrected chi connectivity index (χ3v) is 4.36. The predicted octanol–water partition coefficient (Wildman–Crippen LogP) is 4.34. The fourth-order valence-corrected chi connectivity index (χ4v) is 2.27. The van der Waals surface area contributed by atoms with Gasteiger partial charge in [-0.15, -0.1) is 0 Å². The van der Waals surface area contributed by atoms with Gasteiger partial charge in [0.1, 0.15) is 0 Å². The van der Waals surface area contributed by atoms with Crippen molar-refractivity contribution >= 4 is 0 Å². The van der Waals surface area contributed by atoms with Gasteiger partial charge in [0.05, 0.1) is 0 Å². The Kier molecular flexibility index (Phi) is 3.25. The van der Waals surface area contributed by atoms with E-state index in [1.54, 1.807) is 0 Å². The summed E-state index contributed by atoms with van der Waals surface area (Å²) in [5.74, 6) is 0. The van der Waals surface area contributed by atoms with Gasteiger partial charge in [-0.25, -0.2) is 0 Å². The highest BCUT2D eigenvalue weighted by atomic mass is 14.7. The Hall–Kier alpha value is -1.63. The lowest BCUT2D eigenvalue weighted by Gasteiger charge is -2.41. The largest absolute Gasteiger partial charge is 0.261 e. The van der Waals surface area contributed by atoms with E-state index < -0.39 is 0 Å². The molecule has 1 aromatic heterocycles. The second kappa shape index (κ2) is 4.56. The van der Waals surface area contributed by atoms with E-state index in [1.807, 2.05) is 12.3 Å². The molecule has 2 aromatic rings. The summed E-state index contributed by atoms with van der Waals surface area (Å²) in [6.45, 7) is 9.11. The summed E-state index contributed by atoms with van der Waals surface area (Å²) in [7, 11) is 0. The number of benzene rings is 1. The average molecular weight is 239 g/mol. The zero-order valence-electron chi connectivity index (χ0n) is 11.6. The Morgan fingerprint density at radius 1 is 0.722 bits per heavy atom. The summed E-state index contributed by atoms with van der Waals surface area (Å²) in [5.41, 5.74) is 2.50. The lowest BCUT2D eigenvalue weighted by Crippen LogP contribution is -2.40. The van der Waals surface area contributed by atoms with Crippen molar-refractivity contribution in [3.63, 3.8) is 0 Å². The van der Waals surface area contributed by atoms with Gasteiger partial charge in [-0.1, -0.05) is 64.1 Å². The van der Waals surface area contributed by atoms with Crippen LogP contribution < -0.4 is 0 Å². The Morgan fingerprint density at radius 2 is 1.33 bits per heavy atom. The van der Waals surface area contributed by atoms with E-state index in [-0.39, 0.29) is 10.8 Å². The van der Waals surface area contributed by atoms with Gasteiger partial charge in [-0.3, -0.25) is 4.98 Å². The first-order valence-electron chi connectivity index (χ1n) is 6.43. The Morgan fingerprint density at radius 3 is 1.89 bits per heavy atom. The summed E-state index contributed by atoms with van der Waals surface area (Å²) in [5, 5.41) is 0. The van der Waals surface area contributed by atoms with Crippen LogP contribution in [0.15, 0.2) is 54.7 Å². The van der Waals surface area contributed by atoms with Gasteiger partial charge in [0, 0.05) is 22.7 Å². The number of hydrogen-bond acceptors (Lipinski definition) is 1. The summed E-state index contributed by atoms with van der Waals surface area (Å²) < 4.78 is 0. The minimum Gasteiger partial charge on any atom is -0.261 e. The van der Waals surface area contributed by atoms with E-state index >= 15 is 0 Å². The van der Waals surface area contributed by atoms with Crippen LogP contribution in [0.3, 0.4) is 0 Å². The molecule has 0 saturated heterocycles. The van der Waals surface area contributed by atoms with E-state index in [0.717, 1.165) is 5.69 Å². The maximum atomic E-state index is 4.54. The molecule has 1 heterocycles. The van der Waals surface area contributed by atoms with Gasteiger partial charge in [0.25, 0.3) is 0 Å². The minimum atomic E-state index is -0.0182. The van der Waals surface area contributed by atoms with Crippen molar-refractivity contribution in [1.82, 2.24) is 4.98 Å². The summed E-state index contributed by atoms with van der Waals surface area (Å²) in [4.78, 5) is 4.54. The van der Waals surface area contributed by atoms with Crippen LogP contribution in [0.5, 0.6) is 0 Å². The van der Waals surface area contributed by atoms with Crippen molar-refractivity contribution in [2.24, 2.45) is 0 Å². The molecule has 0 saturated carbocycles. The van der Waals surface area contributed by atoms with Gasteiger partial charge < -0.3 is 0 Å². The first kappa shape index (κ1) is 12.8. The molecule has 0 spiro atoms. The van der Waals surface area contributed by atoms with Crippen molar-refractivity contribution in [3.8, 4) is 0 Å². The Balaban J connectivity index is 2.47. The van der Waals surface area contributed by atoms with Crippen LogP contribution in [-0.2, 0) is 10.8 Å². The fourth-order valence-electron chi connectivity index (χ4n) is 2.27. The highest BCUT2D eigenvalue weighted by molar-refractivity contribution is 5.33. The van der Waals surface area contributed by atoms with Crippen LogP contribution in [0.25, 0.3) is 0 Å². The molecule has 18 heavy (non-hydrogen) atoms. The molecule has 0 N–H and O–H groups in total. The van der Waals surface area contributed by atoms with E-state index in [4.69, 9.17) is 0 Å². The van der Waals surface area contributed by atoms with E-state index in [9.17, 15) is 0 Å². The predicted molar refractivity (Wildman–Crippen MR) is 76.7 cm³/mol. The highest BCUT2D eigenvalue weighted by Gasteiger charge is 2.40. The van der Waals surface area contributed by atoms with Gasteiger partial charge >= 0.3 is 0 Å². The smallest absolute Gasteiger partial charge is 0.0468 e. The molecule has 1 nitrogen and oxygen atoms in total. The molecule has 2 rings (SSSR count). The molecule has 1 heteroatoms. The van der Waals surface area contributed by atoms with Crippen molar-refractivity contribution in [3.05, 3.63) is 66.0 Å². The molecular formula is C17H21N. The van der Waals surface area contributed by atoms with Crippen molar-refractivity contribution in [2.45, 2.75) is 38.5 Å². The van der Waals surface area contributed by atoms with Crippen LogP contribution in [0.4, 0.5) is 0 Å². The molecule has 0 atom stereocenters. The summed E-state index contributed by atoms with van der Waals surface area (Å²) in [6, 6.07) is 16.8. The Labute approximate surface area is 110 Å². The lowest BCUT2D eigenvalue weighted by atomic mass is 9.62. The molecule has 0 aliphatic heterocycles. The third-order valence-electron chi connectivity index (χ3n) is 4.36. The standard InChI is InChI=1S/C17H21N/c1-16(2,14-10-6-5-7-11-14)17(3,4)15-12-8-9-13-18-15/h5-13H,1-4H3. The number of aromatic nitrogens is 1. The molecule has 0 fully saturated rings. The molecule has 0 aliphatic carbocycles. The van der Waals surface area contributed by atoms with Crippen LogP contribution in [0, 0.1) is 0 Å². The van der Waals surface area contributed by atoms with Gasteiger partial charge in [0.15, 0.2) is 0 Å². The van der Waals surface area contributed by atoms with Crippen LogP contribution in [-0.4, -0.2) is 4.98 Å². The fraction of sp³-hybridized carbons (Fsp3) is 0.353. The maximum Gasteiger partial charge on any atom is 0.0468 e. The van der Waals surface area contributed by atoms with Crippen molar-refractivity contribution in [2.75, 3.05) is 0 Å². The Bertz CT molecular complexity index is 448. The first-order chi connectivity index (χ1) is 8.46. The third kappa shape index (κ3) is 2.05. The van der Waals surface area contributed by atoms with Gasteiger partial charge in [-0.05, 0) is 17.7 Å². The maximum absolute atomic E-state index is 4.54. The SMILES string of the molecule is CC(C)(c1ccccc1)C(C)(C)c1ccccn1. The molecule has 0 amide bonds. The van der Waals surface area contributed by atoms with E-state index in [2.05, 4.69) is 75.1 Å². The number of pyridine rings is 1. The number of rotatable bonds is 3. The first-order valence-corrected chi connectivity index (χ1v) is 6.43. The zero-order chi connectivity index (χ0) is 13.2. The van der Waals surface area contributed by atoms with Crippen molar-refractivity contribution < 1.29 is 0 Å². The van der Waals surface area contributed by atoms with Crippen molar-refractivity contribution in [1.29, 1.82) is 0 Å². The minimum absolute atomic E-state index is 0.0182. The number of nitrogens with zero attached hydrogens (tertiary/aromatic N) is 1. The highest BCUT2D eigenvalue weighted by Crippen LogP contribution is 2.42. The summed E-state index contributed by atoms with van der Waals surface area (Å²) >= 11 is 0. The quantitative estimate of drug-likeness (QED) is 0.776. The van der Waals surface area contributed by atoms with E-state index in [1.165, 1.54) is 5.56 Å². The van der Waals surface area contributed by atoms with Crippen LogP contribution >= 0.6 is 0 Å². The normalized spacial score (nSPS) is 12.4. The molecular weight excluding hydrogens is 218 g/mol. The van der Waals surface area contributed by atoms with Crippen LogP contribution in [0.2, 0.25) is 0 Å². The summed E-state index contributed by atoms with van der Waals surface area (Å²) in [6.07, 6.45) is 1.87. The zero-order valence-corrected chi connectivity index (χ0v) is 11.6. The van der Waals surface area contributed by atoms with Crippen LogP contribution in [0.1, 0.15) is 39.0 Å². The second-order valence-electron chi connectivity index (χ2n) is 5.83. The molecule has 0 aliphatic rings. The van der Waals surface area contributed by atoms with Gasteiger partial charge in [-0.2, -0.15) is 0 Å². The number of hydrogen-bond donors (Lipinski definition) is 0. The molecule has 94 valence electrons. The molecule has 0 unspecified atom stereocenters. The molecule has 0 bridgehead atoms.